The van der Waals surface area contributed by atoms with Crippen LogP contribution in [0, 0.1) is 11.8 Å². The minimum Gasteiger partial charge on any atom is -0.390 e. The van der Waals surface area contributed by atoms with Crippen molar-refractivity contribution >= 4 is 0 Å². The van der Waals surface area contributed by atoms with Gasteiger partial charge >= 0.3 is 0 Å². The quantitative estimate of drug-likeness (QED) is 0.575. The molecule has 64 valence electrons. The summed E-state index contributed by atoms with van der Waals surface area (Å²) in [5, 5.41) is 9.68. The Hall–Kier alpha value is -0.300. The van der Waals surface area contributed by atoms with Gasteiger partial charge in [0, 0.05) is 5.92 Å². The van der Waals surface area contributed by atoms with E-state index in [0.29, 0.717) is 11.8 Å². The van der Waals surface area contributed by atoms with Crippen molar-refractivity contribution < 1.29 is 5.11 Å². The van der Waals surface area contributed by atoms with E-state index in [4.69, 9.17) is 0 Å². The molecule has 1 N–H and O–H groups in total. The molecule has 1 heteroatoms. The molecule has 0 amide bonds. The third-order valence-corrected chi connectivity index (χ3v) is 2.51. The van der Waals surface area contributed by atoms with Crippen molar-refractivity contribution in [1.29, 1.82) is 0 Å². The van der Waals surface area contributed by atoms with Crippen molar-refractivity contribution in [1.82, 2.24) is 0 Å². The van der Waals surface area contributed by atoms with Crippen LogP contribution in [0.25, 0.3) is 0 Å². The predicted octanol–water partition coefficient (Wildman–Crippen LogP) is 2.36. The lowest BCUT2D eigenvalue weighted by molar-refractivity contribution is 0.0296. The molecule has 0 radical (unpaired) electrons. The lowest BCUT2D eigenvalue weighted by atomic mass is 9.80. The van der Waals surface area contributed by atoms with Gasteiger partial charge in [0.15, 0.2) is 0 Å². The molecule has 0 fully saturated rings. The molecule has 0 saturated heterocycles. The molecular formula is C10H18O. The average molecular weight is 154 g/mol. The molecule has 1 aliphatic rings. The second-order valence-corrected chi connectivity index (χ2v) is 4.20. The lowest BCUT2D eigenvalue weighted by Crippen LogP contribution is -2.31. The van der Waals surface area contributed by atoms with Crippen molar-refractivity contribution in [3.63, 3.8) is 0 Å². The molecule has 0 spiro atoms. The predicted molar refractivity (Wildman–Crippen MR) is 47.3 cm³/mol. The highest BCUT2D eigenvalue weighted by molar-refractivity contribution is 5.01. The molecule has 0 aromatic heterocycles. The summed E-state index contributed by atoms with van der Waals surface area (Å²) in [6, 6.07) is 0. The zero-order valence-electron chi connectivity index (χ0n) is 7.67. The second kappa shape index (κ2) is 2.98. The van der Waals surface area contributed by atoms with Gasteiger partial charge in [-0.15, -0.1) is 0 Å². The second-order valence-electron chi connectivity index (χ2n) is 4.20. The average Bonchev–Trinajstić information content (AvgIpc) is 1.86. The van der Waals surface area contributed by atoms with Gasteiger partial charge in [-0.1, -0.05) is 19.1 Å². The maximum Gasteiger partial charge on any atom is 0.0654 e. The summed E-state index contributed by atoms with van der Waals surface area (Å²) in [4.78, 5) is 0. The fourth-order valence-corrected chi connectivity index (χ4v) is 1.55. The van der Waals surface area contributed by atoms with Crippen LogP contribution in [-0.4, -0.2) is 10.7 Å². The monoisotopic (exact) mass is 154 g/mol. The summed E-state index contributed by atoms with van der Waals surface area (Å²) in [5.74, 6) is 1.06. The van der Waals surface area contributed by atoms with E-state index < -0.39 is 5.60 Å². The molecule has 0 bridgehead atoms. The first-order valence-electron chi connectivity index (χ1n) is 4.41. The number of allylic oxidation sites excluding steroid dienone is 1. The van der Waals surface area contributed by atoms with Gasteiger partial charge in [-0.25, -0.2) is 0 Å². The summed E-state index contributed by atoms with van der Waals surface area (Å²) in [6.07, 6.45) is 6.71. The lowest BCUT2D eigenvalue weighted by Gasteiger charge is -2.30. The van der Waals surface area contributed by atoms with Crippen LogP contribution in [0.15, 0.2) is 12.2 Å². The Balaban J connectivity index is 2.57. The van der Waals surface area contributed by atoms with E-state index >= 15 is 0 Å². The Labute approximate surface area is 69.1 Å². The van der Waals surface area contributed by atoms with Gasteiger partial charge in [-0.05, 0) is 32.6 Å². The summed E-state index contributed by atoms with van der Waals surface area (Å²) >= 11 is 0. The van der Waals surface area contributed by atoms with Crippen LogP contribution in [-0.2, 0) is 0 Å². The van der Waals surface area contributed by atoms with E-state index in [9.17, 15) is 5.11 Å². The first kappa shape index (κ1) is 8.79. The van der Waals surface area contributed by atoms with Crippen LogP contribution in [0.3, 0.4) is 0 Å². The highest BCUT2D eigenvalue weighted by atomic mass is 16.3. The van der Waals surface area contributed by atoms with Crippen LogP contribution < -0.4 is 0 Å². The molecule has 2 unspecified atom stereocenters. The normalized spacial score (nSPS) is 32.4. The molecule has 0 heterocycles. The highest BCUT2D eigenvalue weighted by Crippen LogP contribution is 2.29. The first-order chi connectivity index (χ1) is 5.00. The molecule has 0 aromatic rings. The summed E-state index contributed by atoms with van der Waals surface area (Å²) in [7, 11) is 0. The molecule has 0 aliphatic heterocycles. The molecular weight excluding hydrogens is 136 g/mol. The molecule has 11 heavy (non-hydrogen) atoms. The van der Waals surface area contributed by atoms with Crippen LogP contribution in [0.5, 0.6) is 0 Å². The Morgan fingerprint density at radius 2 is 1.91 bits per heavy atom. The summed E-state index contributed by atoms with van der Waals surface area (Å²) < 4.78 is 0. The van der Waals surface area contributed by atoms with Crippen LogP contribution in [0.1, 0.15) is 33.6 Å². The van der Waals surface area contributed by atoms with E-state index in [0.717, 1.165) is 6.42 Å². The minimum atomic E-state index is -0.531. The third-order valence-electron chi connectivity index (χ3n) is 2.51. The van der Waals surface area contributed by atoms with Gasteiger partial charge in [-0.2, -0.15) is 0 Å². The van der Waals surface area contributed by atoms with E-state index in [-0.39, 0.29) is 0 Å². The van der Waals surface area contributed by atoms with Gasteiger partial charge < -0.3 is 5.11 Å². The van der Waals surface area contributed by atoms with Gasteiger partial charge in [0.1, 0.15) is 0 Å². The maximum absolute atomic E-state index is 9.68. The van der Waals surface area contributed by atoms with Gasteiger partial charge in [0.05, 0.1) is 5.60 Å². The Morgan fingerprint density at radius 3 is 2.27 bits per heavy atom. The van der Waals surface area contributed by atoms with Crippen molar-refractivity contribution in [2.45, 2.75) is 39.2 Å². The molecule has 0 saturated carbocycles. The smallest absolute Gasteiger partial charge is 0.0654 e. The zero-order valence-corrected chi connectivity index (χ0v) is 7.67. The third kappa shape index (κ3) is 2.33. The largest absolute Gasteiger partial charge is 0.390 e. The van der Waals surface area contributed by atoms with Crippen LogP contribution >= 0.6 is 0 Å². The highest BCUT2D eigenvalue weighted by Gasteiger charge is 2.26. The Kier molecular flexibility index (Phi) is 2.38. The van der Waals surface area contributed by atoms with E-state index in [1.165, 1.54) is 6.42 Å². The maximum atomic E-state index is 9.68. The van der Waals surface area contributed by atoms with Crippen molar-refractivity contribution in [3.05, 3.63) is 12.2 Å². The number of aliphatic hydroxyl groups is 1. The van der Waals surface area contributed by atoms with Crippen molar-refractivity contribution in [3.8, 4) is 0 Å². The van der Waals surface area contributed by atoms with Crippen LogP contribution in [0.2, 0.25) is 0 Å². The van der Waals surface area contributed by atoms with Gasteiger partial charge in [0.25, 0.3) is 0 Å². The summed E-state index contributed by atoms with van der Waals surface area (Å²) in [6.45, 7) is 5.99. The molecule has 1 aliphatic carbocycles. The molecule has 1 nitrogen and oxygen atoms in total. The van der Waals surface area contributed by atoms with Gasteiger partial charge in [0.2, 0.25) is 0 Å². The number of hydrogen-bond acceptors (Lipinski definition) is 1. The zero-order chi connectivity index (χ0) is 8.48. The Bertz CT molecular complexity index is 153. The van der Waals surface area contributed by atoms with Gasteiger partial charge in [-0.3, -0.25) is 0 Å². The minimum absolute atomic E-state index is 0.360. The van der Waals surface area contributed by atoms with E-state index in [1.54, 1.807) is 0 Å². The van der Waals surface area contributed by atoms with Crippen molar-refractivity contribution in [2.24, 2.45) is 11.8 Å². The fourth-order valence-electron chi connectivity index (χ4n) is 1.55. The summed E-state index contributed by atoms with van der Waals surface area (Å²) in [5.41, 5.74) is -0.531. The molecule has 2 atom stereocenters. The fraction of sp³-hybridized carbons (Fsp3) is 0.800. The van der Waals surface area contributed by atoms with Crippen molar-refractivity contribution in [2.75, 3.05) is 0 Å². The first-order valence-corrected chi connectivity index (χ1v) is 4.41. The Morgan fingerprint density at radius 1 is 1.27 bits per heavy atom. The number of hydrogen-bond donors (Lipinski definition) is 1. The van der Waals surface area contributed by atoms with Crippen LogP contribution in [0.4, 0.5) is 0 Å². The standard InChI is InChI=1S/C10H18O/c1-8-4-6-9(7-5-8)10(2,3)11/h4,6,8-9,11H,5,7H2,1-3H3. The van der Waals surface area contributed by atoms with E-state index in [2.05, 4.69) is 19.1 Å². The molecule has 1 rings (SSSR count). The topological polar surface area (TPSA) is 20.2 Å². The molecule has 0 aromatic carbocycles. The van der Waals surface area contributed by atoms with E-state index in [1.807, 2.05) is 13.8 Å². The SMILES string of the molecule is CC1C=CC(C(C)(C)O)CC1. The number of rotatable bonds is 1.